The zero-order valence-corrected chi connectivity index (χ0v) is 11.2. The van der Waals surface area contributed by atoms with E-state index < -0.39 is 17.8 Å². The van der Waals surface area contributed by atoms with E-state index >= 15 is 0 Å². The molecule has 0 radical (unpaired) electrons. The molecule has 0 fully saturated rings. The second kappa shape index (κ2) is 6.63. The van der Waals surface area contributed by atoms with Gasteiger partial charge in [0.25, 0.3) is 0 Å². The van der Waals surface area contributed by atoms with Crippen LogP contribution in [0.2, 0.25) is 0 Å². The number of rotatable bonds is 5. The van der Waals surface area contributed by atoms with Crippen LogP contribution in [0.3, 0.4) is 0 Å². The highest BCUT2D eigenvalue weighted by atomic mass is 19.4. The summed E-state index contributed by atoms with van der Waals surface area (Å²) in [5, 5.41) is 9.93. The second-order valence-corrected chi connectivity index (χ2v) is 4.59. The number of ether oxygens (including phenoxy) is 1. The van der Waals surface area contributed by atoms with Crippen LogP contribution in [0.25, 0.3) is 0 Å². The molecule has 0 aromatic heterocycles. The average molecular weight is 296 g/mol. The van der Waals surface area contributed by atoms with Crippen molar-refractivity contribution in [3.8, 4) is 5.75 Å². The molecule has 1 unspecified atom stereocenters. The highest BCUT2D eigenvalue weighted by Crippen LogP contribution is 2.30. The molecule has 0 saturated carbocycles. The van der Waals surface area contributed by atoms with Gasteiger partial charge in [-0.05, 0) is 29.8 Å². The van der Waals surface area contributed by atoms with E-state index in [1.165, 1.54) is 12.1 Å². The lowest BCUT2D eigenvalue weighted by atomic mass is 10.0. The molecule has 2 aromatic rings. The van der Waals surface area contributed by atoms with Gasteiger partial charge in [-0.2, -0.15) is 13.2 Å². The van der Waals surface area contributed by atoms with E-state index in [2.05, 4.69) is 0 Å². The number of benzene rings is 2. The van der Waals surface area contributed by atoms with Gasteiger partial charge in [-0.15, -0.1) is 0 Å². The molecule has 2 aromatic carbocycles. The molecule has 0 saturated heterocycles. The van der Waals surface area contributed by atoms with E-state index in [0.29, 0.717) is 17.7 Å². The van der Waals surface area contributed by atoms with Gasteiger partial charge < -0.3 is 9.84 Å². The second-order valence-electron chi connectivity index (χ2n) is 4.59. The molecule has 112 valence electrons. The summed E-state index contributed by atoms with van der Waals surface area (Å²) in [5.41, 5.74) is -0.279. The van der Waals surface area contributed by atoms with Gasteiger partial charge in [0, 0.05) is 6.42 Å². The maximum Gasteiger partial charge on any atom is 0.416 e. The van der Waals surface area contributed by atoms with Gasteiger partial charge in [-0.3, -0.25) is 0 Å². The van der Waals surface area contributed by atoms with E-state index in [4.69, 9.17) is 4.74 Å². The first-order valence-corrected chi connectivity index (χ1v) is 6.50. The smallest absolute Gasteiger partial charge is 0.416 e. The predicted molar refractivity (Wildman–Crippen MR) is 73.0 cm³/mol. The summed E-state index contributed by atoms with van der Waals surface area (Å²) in [4.78, 5) is 0. The Labute approximate surface area is 120 Å². The number of aliphatic hydroxyl groups is 1. The molecule has 0 heterocycles. The standard InChI is InChI=1S/C16H15F3O2/c17-16(18,19)13-8-6-12(7-9-13)15(20)10-11-21-14-4-2-1-3-5-14/h1-9,15,20H,10-11H2. The van der Waals surface area contributed by atoms with E-state index in [-0.39, 0.29) is 6.61 Å². The Hall–Kier alpha value is -2.01. The van der Waals surface area contributed by atoms with Crippen molar-refractivity contribution < 1.29 is 23.0 Å². The lowest BCUT2D eigenvalue weighted by molar-refractivity contribution is -0.137. The van der Waals surface area contributed by atoms with Crippen LogP contribution in [-0.2, 0) is 6.18 Å². The Morgan fingerprint density at radius 3 is 2.14 bits per heavy atom. The van der Waals surface area contributed by atoms with Crippen molar-refractivity contribution in [3.63, 3.8) is 0 Å². The minimum absolute atomic E-state index is 0.284. The molecule has 0 spiro atoms. The molecule has 0 aliphatic rings. The van der Waals surface area contributed by atoms with Crippen LogP contribution in [0.15, 0.2) is 54.6 Å². The quantitative estimate of drug-likeness (QED) is 0.895. The molecular formula is C16H15F3O2. The van der Waals surface area contributed by atoms with E-state index in [1.54, 1.807) is 12.1 Å². The number of hydrogen-bond donors (Lipinski definition) is 1. The van der Waals surface area contributed by atoms with Crippen molar-refractivity contribution in [2.24, 2.45) is 0 Å². The van der Waals surface area contributed by atoms with Crippen molar-refractivity contribution in [1.82, 2.24) is 0 Å². The van der Waals surface area contributed by atoms with Crippen molar-refractivity contribution in [1.29, 1.82) is 0 Å². The number of halogens is 3. The SMILES string of the molecule is OC(CCOc1ccccc1)c1ccc(C(F)(F)F)cc1. The van der Waals surface area contributed by atoms with Crippen LogP contribution in [0.1, 0.15) is 23.7 Å². The largest absolute Gasteiger partial charge is 0.493 e. The Kier molecular flexibility index (Phi) is 4.85. The summed E-state index contributed by atoms with van der Waals surface area (Å²) in [7, 11) is 0. The summed E-state index contributed by atoms with van der Waals surface area (Å²) < 4.78 is 42.7. The summed E-state index contributed by atoms with van der Waals surface area (Å²) in [6, 6.07) is 13.6. The molecule has 21 heavy (non-hydrogen) atoms. The summed E-state index contributed by atoms with van der Waals surface area (Å²) in [5.74, 6) is 0.692. The molecule has 5 heteroatoms. The van der Waals surface area contributed by atoms with Crippen LogP contribution >= 0.6 is 0 Å². The number of aliphatic hydroxyl groups excluding tert-OH is 1. The van der Waals surface area contributed by atoms with Crippen molar-refractivity contribution in [3.05, 3.63) is 65.7 Å². The monoisotopic (exact) mass is 296 g/mol. The molecule has 0 amide bonds. The van der Waals surface area contributed by atoms with Crippen molar-refractivity contribution in [2.75, 3.05) is 6.61 Å². The normalized spacial score (nSPS) is 13.0. The molecule has 2 rings (SSSR count). The predicted octanol–water partition coefficient (Wildman–Crippen LogP) is 4.21. The van der Waals surface area contributed by atoms with Gasteiger partial charge in [0.2, 0.25) is 0 Å². The van der Waals surface area contributed by atoms with E-state index in [0.717, 1.165) is 12.1 Å². The third-order valence-corrected chi connectivity index (χ3v) is 3.03. The van der Waals surface area contributed by atoms with E-state index in [1.807, 2.05) is 18.2 Å². The van der Waals surface area contributed by atoms with Crippen LogP contribution in [-0.4, -0.2) is 11.7 Å². The molecule has 1 atom stereocenters. The summed E-state index contributed by atoms with van der Waals surface area (Å²) in [6.07, 6.45) is -4.91. The van der Waals surface area contributed by atoms with Gasteiger partial charge in [0.15, 0.2) is 0 Å². The first kappa shape index (κ1) is 15.4. The fourth-order valence-electron chi connectivity index (χ4n) is 1.87. The summed E-state index contributed by atoms with van der Waals surface area (Å²) >= 11 is 0. The minimum Gasteiger partial charge on any atom is -0.493 e. The lowest BCUT2D eigenvalue weighted by Gasteiger charge is -2.13. The van der Waals surface area contributed by atoms with Gasteiger partial charge >= 0.3 is 6.18 Å². The zero-order chi connectivity index (χ0) is 15.3. The van der Waals surface area contributed by atoms with Crippen LogP contribution in [0.4, 0.5) is 13.2 Å². The van der Waals surface area contributed by atoms with Gasteiger partial charge in [-0.1, -0.05) is 30.3 Å². The fraction of sp³-hybridized carbons (Fsp3) is 0.250. The average Bonchev–Trinajstić information content (AvgIpc) is 2.47. The number of alkyl halides is 3. The Bertz CT molecular complexity index is 550. The van der Waals surface area contributed by atoms with Crippen molar-refractivity contribution in [2.45, 2.75) is 18.7 Å². The van der Waals surface area contributed by atoms with Crippen LogP contribution in [0.5, 0.6) is 5.75 Å². The van der Waals surface area contributed by atoms with Gasteiger partial charge in [-0.25, -0.2) is 0 Å². The summed E-state index contributed by atoms with van der Waals surface area (Å²) in [6.45, 7) is 0.284. The fourth-order valence-corrected chi connectivity index (χ4v) is 1.87. The van der Waals surface area contributed by atoms with Gasteiger partial charge in [0.1, 0.15) is 5.75 Å². The third-order valence-electron chi connectivity index (χ3n) is 3.03. The van der Waals surface area contributed by atoms with E-state index in [9.17, 15) is 18.3 Å². The molecule has 0 aliphatic carbocycles. The van der Waals surface area contributed by atoms with Gasteiger partial charge in [0.05, 0.1) is 18.3 Å². The topological polar surface area (TPSA) is 29.5 Å². The highest BCUT2D eigenvalue weighted by molar-refractivity contribution is 5.26. The third kappa shape index (κ3) is 4.49. The molecule has 0 aliphatic heterocycles. The molecule has 2 nitrogen and oxygen atoms in total. The van der Waals surface area contributed by atoms with Crippen LogP contribution < -0.4 is 4.74 Å². The Balaban J connectivity index is 1.87. The number of hydrogen-bond acceptors (Lipinski definition) is 2. The molecule has 0 bridgehead atoms. The van der Waals surface area contributed by atoms with Crippen molar-refractivity contribution >= 4 is 0 Å². The number of para-hydroxylation sites is 1. The first-order valence-electron chi connectivity index (χ1n) is 6.50. The highest BCUT2D eigenvalue weighted by Gasteiger charge is 2.30. The minimum atomic E-state index is -4.36. The Morgan fingerprint density at radius 2 is 1.57 bits per heavy atom. The maximum atomic E-state index is 12.4. The lowest BCUT2D eigenvalue weighted by Crippen LogP contribution is -2.07. The maximum absolute atomic E-state index is 12.4. The van der Waals surface area contributed by atoms with Crippen LogP contribution in [0, 0.1) is 0 Å². The molecule has 1 N–H and O–H groups in total. The zero-order valence-electron chi connectivity index (χ0n) is 11.2. The first-order chi connectivity index (χ1) is 9.97. The molecular weight excluding hydrogens is 281 g/mol. The Morgan fingerprint density at radius 1 is 0.952 bits per heavy atom.